The Bertz CT molecular complexity index is 563. The highest BCUT2D eigenvalue weighted by Gasteiger charge is 2.16. The predicted octanol–water partition coefficient (Wildman–Crippen LogP) is 1.78. The molecule has 1 saturated heterocycles. The molecule has 0 bridgehead atoms. The molecule has 5 heteroatoms. The summed E-state index contributed by atoms with van der Waals surface area (Å²) in [6.07, 6.45) is 1.59. The number of hydrogen-bond acceptors (Lipinski definition) is 5. The molecule has 20 heavy (non-hydrogen) atoms. The molecule has 0 unspecified atom stereocenters. The fourth-order valence-electron chi connectivity index (χ4n) is 2.03. The molecule has 0 saturated carbocycles. The van der Waals surface area contributed by atoms with E-state index in [0.717, 1.165) is 31.3 Å². The molecule has 2 heterocycles. The first-order chi connectivity index (χ1) is 9.79. The van der Waals surface area contributed by atoms with Gasteiger partial charge in [-0.2, -0.15) is 0 Å². The average molecular weight is 269 g/mol. The van der Waals surface area contributed by atoms with Crippen molar-refractivity contribution in [3.8, 4) is 0 Å². The Balaban J connectivity index is 1.59. The Morgan fingerprint density at radius 1 is 1.15 bits per heavy atom. The van der Waals surface area contributed by atoms with Crippen molar-refractivity contribution in [2.45, 2.75) is 19.5 Å². The maximum atomic E-state index is 4.25. The number of anilines is 2. The molecule has 0 spiro atoms. The molecule has 0 radical (unpaired) electrons. The molecule has 1 aromatic carbocycles. The smallest absolute Gasteiger partial charge is 0.131 e. The van der Waals surface area contributed by atoms with Gasteiger partial charge in [0.05, 0.1) is 6.04 Å². The van der Waals surface area contributed by atoms with Crippen LogP contribution >= 0.6 is 0 Å². The van der Waals surface area contributed by atoms with Crippen molar-refractivity contribution in [3.05, 3.63) is 47.8 Å². The molecule has 0 amide bonds. The Labute approximate surface area is 118 Å². The average Bonchev–Trinajstić information content (AvgIpc) is 2.43. The standard InChI is InChI=1S/C15H19N5/c1-11-2-4-12(5-3-11)7-17-14-6-15(19-10-18-14)20-13-8-16-9-13/h2-6,10,13,16H,7-9H2,1H3,(H2,17,18,19,20). The van der Waals surface area contributed by atoms with Gasteiger partial charge in [-0.3, -0.25) is 0 Å². The van der Waals surface area contributed by atoms with E-state index in [9.17, 15) is 0 Å². The summed E-state index contributed by atoms with van der Waals surface area (Å²) in [6.45, 7) is 4.85. The number of aromatic nitrogens is 2. The van der Waals surface area contributed by atoms with Crippen LogP contribution in [0.15, 0.2) is 36.7 Å². The lowest BCUT2D eigenvalue weighted by Gasteiger charge is -2.28. The molecule has 104 valence electrons. The molecule has 1 aromatic heterocycles. The Morgan fingerprint density at radius 3 is 2.60 bits per heavy atom. The predicted molar refractivity (Wildman–Crippen MR) is 80.8 cm³/mol. The Morgan fingerprint density at radius 2 is 1.90 bits per heavy atom. The van der Waals surface area contributed by atoms with E-state index in [1.54, 1.807) is 6.33 Å². The van der Waals surface area contributed by atoms with Crippen molar-refractivity contribution in [1.82, 2.24) is 15.3 Å². The fourth-order valence-corrected chi connectivity index (χ4v) is 2.03. The SMILES string of the molecule is Cc1ccc(CNc2cc(NC3CNC3)ncn2)cc1. The first-order valence-corrected chi connectivity index (χ1v) is 6.88. The zero-order chi connectivity index (χ0) is 13.8. The van der Waals surface area contributed by atoms with Crippen molar-refractivity contribution in [3.63, 3.8) is 0 Å². The van der Waals surface area contributed by atoms with Crippen LogP contribution in [0, 0.1) is 6.92 Å². The van der Waals surface area contributed by atoms with Crippen LogP contribution in [0.1, 0.15) is 11.1 Å². The van der Waals surface area contributed by atoms with E-state index in [-0.39, 0.29) is 0 Å². The van der Waals surface area contributed by atoms with Crippen molar-refractivity contribution >= 4 is 11.6 Å². The first kappa shape index (κ1) is 12.9. The highest BCUT2D eigenvalue weighted by molar-refractivity contribution is 5.47. The highest BCUT2D eigenvalue weighted by Crippen LogP contribution is 2.12. The maximum Gasteiger partial charge on any atom is 0.131 e. The summed E-state index contributed by atoms with van der Waals surface area (Å²) in [6, 6.07) is 10.9. The summed E-state index contributed by atoms with van der Waals surface area (Å²) in [7, 11) is 0. The normalized spacial score (nSPS) is 14.7. The highest BCUT2D eigenvalue weighted by atomic mass is 15.1. The van der Waals surface area contributed by atoms with Crippen LogP contribution in [0.25, 0.3) is 0 Å². The van der Waals surface area contributed by atoms with Crippen LogP contribution in [0.3, 0.4) is 0 Å². The van der Waals surface area contributed by atoms with E-state index in [0.29, 0.717) is 6.04 Å². The molecular formula is C15H19N5. The quantitative estimate of drug-likeness (QED) is 0.772. The molecule has 0 aliphatic carbocycles. The summed E-state index contributed by atoms with van der Waals surface area (Å²) in [5.74, 6) is 1.72. The second-order valence-corrected chi connectivity index (χ2v) is 5.13. The number of nitrogens with one attached hydrogen (secondary N) is 3. The molecule has 1 aliphatic rings. The minimum Gasteiger partial charge on any atom is -0.366 e. The van der Waals surface area contributed by atoms with Gasteiger partial charge in [0.1, 0.15) is 18.0 Å². The van der Waals surface area contributed by atoms with Crippen molar-refractivity contribution in [2.24, 2.45) is 0 Å². The third kappa shape index (κ3) is 3.24. The molecule has 1 aliphatic heterocycles. The van der Waals surface area contributed by atoms with Gasteiger partial charge in [0.15, 0.2) is 0 Å². The topological polar surface area (TPSA) is 61.9 Å². The van der Waals surface area contributed by atoms with Gasteiger partial charge in [0, 0.05) is 25.7 Å². The van der Waals surface area contributed by atoms with Crippen molar-refractivity contribution in [1.29, 1.82) is 0 Å². The van der Waals surface area contributed by atoms with Gasteiger partial charge in [-0.05, 0) is 12.5 Å². The van der Waals surface area contributed by atoms with Gasteiger partial charge in [-0.25, -0.2) is 9.97 Å². The molecule has 0 atom stereocenters. The van der Waals surface area contributed by atoms with Crippen molar-refractivity contribution < 1.29 is 0 Å². The second-order valence-electron chi connectivity index (χ2n) is 5.13. The molecule has 1 fully saturated rings. The molecule has 2 aromatic rings. The molecule has 3 N–H and O–H groups in total. The van der Waals surface area contributed by atoms with Gasteiger partial charge in [-0.1, -0.05) is 29.8 Å². The fraction of sp³-hybridized carbons (Fsp3) is 0.333. The zero-order valence-electron chi connectivity index (χ0n) is 11.6. The Kier molecular flexibility index (Phi) is 3.78. The Hall–Kier alpha value is -2.14. The van der Waals surface area contributed by atoms with Crippen molar-refractivity contribution in [2.75, 3.05) is 23.7 Å². The minimum atomic E-state index is 0.481. The third-order valence-corrected chi connectivity index (χ3v) is 3.39. The van der Waals surface area contributed by atoms with Crippen LogP contribution < -0.4 is 16.0 Å². The lowest BCUT2D eigenvalue weighted by molar-refractivity contribution is 0.471. The lowest BCUT2D eigenvalue weighted by atomic mass is 10.1. The van der Waals surface area contributed by atoms with Crippen LogP contribution in [-0.2, 0) is 6.54 Å². The van der Waals surface area contributed by atoms with E-state index < -0.39 is 0 Å². The van der Waals surface area contributed by atoms with Crippen LogP contribution in [0.5, 0.6) is 0 Å². The lowest BCUT2D eigenvalue weighted by Crippen LogP contribution is -2.51. The largest absolute Gasteiger partial charge is 0.366 e. The summed E-state index contributed by atoms with van der Waals surface area (Å²) < 4.78 is 0. The monoisotopic (exact) mass is 269 g/mol. The summed E-state index contributed by atoms with van der Waals surface area (Å²) in [4.78, 5) is 8.48. The summed E-state index contributed by atoms with van der Waals surface area (Å²) in [5, 5.41) is 9.92. The maximum absolute atomic E-state index is 4.25. The molecular weight excluding hydrogens is 250 g/mol. The van der Waals surface area contributed by atoms with E-state index >= 15 is 0 Å². The van der Waals surface area contributed by atoms with Gasteiger partial charge < -0.3 is 16.0 Å². The zero-order valence-corrected chi connectivity index (χ0v) is 11.6. The van der Waals surface area contributed by atoms with Gasteiger partial charge in [0.25, 0.3) is 0 Å². The van der Waals surface area contributed by atoms with E-state index in [1.165, 1.54) is 11.1 Å². The van der Waals surface area contributed by atoms with Gasteiger partial charge >= 0.3 is 0 Å². The number of hydrogen-bond donors (Lipinski definition) is 3. The third-order valence-electron chi connectivity index (χ3n) is 3.39. The summed E-state index contributed by atoms with van der Waals surface area (Å²) in [5.41, 5.74) is 2.52. The second kappa shape index (κ2) is 5.88. The number of aryl methyl sites for hydroxylation is 1. The minimum absolute atomic E-state index is 0.481. The number of nitrogens with zero attached hydrogens (tertiary/aromatic N) is 2. The summed E-state index contributed by atoms with van der Waals surface area (Å²) >= 11 is 0. The van der Waals surface area contributed by atoms with Gasteiger partial charge in [0.2, 0.25) is 0 Å². The molecule has 5 nitrogen and oxygen atoms in total. The van der Waals surface area contributed by atoms with E-state index in [4.69, 9.17) is 0 Å². The van der Waals surface area contributed by atoms with Gasteiger partial charge in [-0.15, -0.1) is 0 Å². The van der Waals surface area contributed by atoms with E-state index in [1.807, 2.05) is 6.07 Å². The number of benzene rings is 1. The van der Waals surface area contributed by atoms with E-state index in [2.05, 4.69) is 57.1 Å². The molecule has 3 rings (SSSR count). The van der Waals surface area contributed by atoms with Crippen LogP contribution in [-0.4, -0.2) is 29.1 Å². The van der Waals surface area contributed by atoms with Crippen LogP contribution in [0.4, 0.5) is 11.6 Å². The first-order valence-electron chi connectivity index (χ1n) is 6.88. The number of rotatable bonds is 5. The van der Waals surface area contributed by atoms with Crippen LogP contribution in [0.2, 0.25) is 0 Å².